The van der Waals surface area contributed by atoms with Crippen LogP contribution in [0.4, 0.5) is 0 Å². The lowest BCUT2D eigenvalue weighted by atomic mass is 10.00. The molecule has 2 aromatic rings. The van der Waals surface area contributed by atoms with Gasteiger partial charge in [-0.1, -0.05) is 30.3 Å². The molecule has 0 amide bonds. The van der Waals surface area contributed by atoms with Gasteiger partial charge in [-0.3, -0.25) is 5.43 Å². The summed E-state index contributed by atoms with van der Waals surface area (Å²) in [5.41, 5.74) is 7.47. The smallest absolute Gasteiger partial charge is 0.0906 e. The number of hydrazone groups is 1. The molecule has 0 saturated carbocycles. The second kappa shape index (κ2) is 3.95. The molecule has 0 radical (unpaired) electrons. The number of hydrogen-bond acceptors (Lipinski definition) is 2. The number of benzene rings is 2. The van der Waals surface area contributed by atoms with Gasteiger partial charge in [-0.2, -0.15) is 5.10 Å². The van der Waals surface area contributed by atoms with E-state index in [2.05, 4.69) is 71.2 Å². The largest absolute Gasteiger partial charge is 0.285 e. The van der Waals surface area contributed by atoms with Gasteiger partial charge in [-0.15, -0.1) is 0 Å². The lowest BCUT2D eigenvalue weighted by molar-refractivity contribution is 0.958. The molecule has 0 aromatic heterocycles. The molecule has 2 aromatic carbocycles. The van der Waals surface area contributed by atoms with Crippen molar-refractivity contribution in [3.8, 4) is 0 Å². The Balaban J connectivity index is 2.00. The van der Waals surface area contributed by atoms with E-state index in [0.29, 0.717) is 0 Å². The SMILES string of the molecule is C1=CC2=Cc3cc4ccccc4cc3C=CC2=NN1. The minimum atomic E-state index is 0.975. The molecule has 0 unspecified atom stereocenters. The molecule has 2 heteroatoms. The monoisotopic (exact) mass is 244 g/mol. The first-order valence-electron chi connectivity index (χ1n) is 6.33. The topological polar surface area (TPSA) is 24.4 Å². The fraction of sp³-hybridized carbons (Fsp3) is 0. The molecule has 2 aliphatic rings. The van der Waals surface area contributed by atoms with Crippen molar-refractivity contribution in [1.29, 1.82) is 0 Å². The molecule has 1 N–H and O–H groups in total. The van der Waals surface area contributed by atoms with E-state index in [9.17, 15) is 0 Å². The Bertz CT molecular complexity index is 792. The van der Waals surface area contributed by atoms with Crippen LogP contribution in [0.1, 0.15) is 11.1 Å². The van der Waals surface area contributed by atoms with Crippen molar-refractivity contribution >= 4 is 28.6 Å². The van der Waals surface area contributed by atoms with E-state index < -0.39 is 0 Å². The number of nitrogens with one attached hydrogen (secondary N) is 1. The second-order valence-corrected chi connectivity index (χ2v) is 4.72. The molecule has 19 heavy (non-hydrogen) atoms. The van der Waals surface area contributed by atoms with Crippen molar-refractivity contribution in [3.05, 3.63) is 71.5 Å². The van der Waals surface area contributed by atoms with Crippen LogP contribution in [0, 0.1) is 0 Å². The standard InChI is InChI=1S/C17H12N2/c1-2-4-13-10-16-11-15-7-8-18-19-17(15)6-5-14(16)9-12(13)3-1/h1-11,18H. The average molecular weight is 244 g/mol. The third-order valence-electron chi connectivity index (χ3n) is 3.50. The Morgan fingerprint density at radius 3 is 2.47 bits per heavy atom. The van der Waals surface area contributed by atoms with E-state index in [0.717, 1.165) is 11.3 Å². The number of hydrogen-bond donors (Lipinski definition) is 1. The number of nitrogens with zero attached hydrogens (tertiary/aromatic N) is 1. The van der Waals surface area contributed by atoms with Crippen LogP contribution in [0.15, 0.2) is 65.4 Å². The molecule has 90 valence electrons. The normalized spacial score (nSPS) is 16.0. The van der Waals surface area contributed by atoms with Crippen LogP contribution in [0.5, 0.6) is 0 Å². The van der Waals surface area contributed by atoms with Crippen molar-refractivity contribution in [2.75, 3.05) is 0 Å². The van der Waals surface area contributed by atoms with Crippen LogP contribution >= 0.6 is 0 Å². The summed E-state index contributed by atoms with van der Waals surface area (Å²) in [6.07, 6.45) is 10.3. The maximum atomic E-state index is 4.29. The molecular formula is C17H12N2. The van der Waals surface area contributed by atoms with E-state index in [1.165, 1.54) is 21.9 Å². The molecule has 2 nitrogen and oxygen atoms in total. The van der Waals surface area contributed by atoms with E-state index >= 15 is 0 Å². The van der Waals surface area contributed by atoms with Gasteiger partial charge in [0, 0.05) is 11.8 Å². The summed E-state index contributed by atoms with van der Waals surface area (Å²) in [6, 6.07) is 12.9. The Morgan fingerprint density at radius 1 is 0.842 bits per heavy atom. The summed E-state index contributed by atoms with van der Waals surface area (Å²) in [5, 5.41) is 6.83. The molecule has 0 saturated heterocycles. The van der Waals surface area contributed by atoms with Crippen molar-refractivity contribution in [1.82, 2.24) is 5.43 Å². The summed E-state index contributed by atoms with van der Waals surface area (Å²) in [5.74, 6) is 0. The van der Waals surface area contributed by atoms with Gasteiger partial charge in [0.15, 0.2) is 0 Å². The lowest BCUT2D eigenvalue weighted by Gasteiger charge is -2.07. The first-order valence-corrected chi connectivity index (χ1v) is 6.33. The van der Waals surface area contributed by atoms with Gasteiger partial charge in [0.25, 0.3) is 0 Å². The van der Waals surface area contributed by atoms with Crippen LogP contribution < -0.4 is 5.43 Å². The Hall–Kier alpha value is -2.61. The predicted octanol–water partition coefficient (Wildman–Crippen LogP) is 3.72. The van der Waals surface area contributed by atoms with Crippen molar-refractivity contribution < 1.29 is 0 Å². The van der Waals surface area contributed by atoms with Gasteiger partial charge >= 0.3 is 0 Å². The van der Waals surface area contributed by atoms with Crippen LogP contribution in [0.3, 0.4) is 0 Å². The molecule has 0 atom stereocenters. The fourth-order valence-corrected chi connectivity index (χ4v) is 2.52. The van der Waals surface area contributed by atoms with Crippen LogP contribution in [0.2, 0.25) is 0 Å². The van der Waals surface area contributed by atoms with Gasteiger partial charge in [-0.25, -0.2) is 0 Å². The van der Waals surface area contributed by atoms with Crippen molar-refractivity contribution in [3.63, 3.8) is 0 Å². The zero-order chi connectivity index (χ0) is 12.7. The Morgan fingerprint density at radius 2 is 1.63 bits per heavy atom. The lowest BCUT2D eigenvalue weighted by Crippen LogP contribution is -2.08. The van der Waals surface area contributed by atoms with Crippen LogP contribution in [-0.4, -0.2) is 5.71 Å². The van der Waals surface area contributed by atoms with E-state index in [1.807, 2.05) is 6.20 Å². The molecule has 0 spiro atoms. The van der Waals surface area contributed by atoms with E-state index in [-0.39, 0.29) is 0 Å². The highest BCUT2D eigenvalue weighted by atomic mass is 15.3. The fourth-order valence-electron chi connectivity index (χ4n) is 2.52. The van der Waals surface area contributed by atoms with Crippen molar-refractivity contribution in [2.24, 2.45) is 5.10 Å². The Kier molecular flexibility index (Phi) is 2.15. The zero-order valence-electron chi connectivity index (χ0n) is 10.3. The number of fused-ring (bicyclic) bond motifs is 3. The number of allylic oxidation sites excluding steroid dienone is 3. The molecule has 4 rings (SSSR count). The second-order valence-electron chi connectivity index (χ2n) is 4.72. The minimum Gasteiger partial charge on any atom is -0.285 e. The minimum absolute atomic E-state index is 0.975. The van der Waals surface area contributed by atoms with Gasteiger partial charge in [0.2, 0.25) is 0 Å². The molecule has 1 aliphatic heterocycles. The molecule has 0 bridgehead atoms. The maximum absolute atomic E-state index is 4.29. The quantitative estimate of drug-likeness (QED) is 0.750. The summed E-state index contributed by atoms with van der Waals surface area (Å²) in [6.45, 7) is 0. The van der Waals surface area contributed by atoms with E-state index in [4.69, 9.17) is 0 Å². The third kappa shape index (κ3) is 1.69. The molecule has 1 heterocycles. The number of rotatable bonds is 0. The summed E-state index contributed by atoms with van der Waals surface area (Å²) in [4.78, 5) is 0. The average Bonchev–Trinajstić information content (AvgIpc) is 2.63. The Labute approximate surface area is 111 Å². The summed E-state index contributed by atoms with van der Waals surface area (Å²) >= 11 is 0. The maximum Gasteiger partial charge on any atom is 0.0906 e. The highest BCUT2D eigenvalue weighted by Gasteiger charge is 2.10. The van der Waals surface area contributed by atoms with Crippen LogP contribution in [0.25, 0.3) is 22.9 Å². The van der Waals surface area contributed by atoms with Gasteiger partial charge in [0.05, 0.1) is 5.71 Å². The van der Waals surface area contributed by atoms with Crippen molar-refractivity contribution in [2.45, 2.75) is 0 Å². The van der Waals surface area contributed by atoms with Crippen LogP contribution in [-0.2, 0) is 0 Å². The third-order valence-corrected chi connectivity index (χ3v) is 3.50. The molecular weight excluding hydrogens is 232 g/mol. The first kappa shape index (κ1) is 10.3. The van der Waals surface area contributed by atoms with E-state index in [1.54, 1.807) is 0 Å². The van der Waals surface area contributed by atoms with Gasteiger partial charge < -0.3 is 0 Å². The molecule has 1 aliphatic carbocycles. The highest BCUT2D eigenvalue weighted by molar-refractivity contribution is 6.17. The highest BCUT2D eigenvalue weighted by Crippen LogP contribution is 2.26. The van der Waals surface area contributed by atoms with Gasteiger partial charge in [-0.05, 0) is 52.3 Å². The summed E-state index contributed by atoms with van der Waals surface area (Å²) in [7, 11) is 0. The summed E-state index contributed by atoms with van der Waals surface area (Å²) < 4.78 is 0. The predicted molar refractivity (Wildman–Crippen MR) is 80.7 cm³/mol. The molecule has 0 fully saturated rings. The zero-order valence-corrected chi connectivity index (χ0v) is 10.3. The first-order chi connectivity index (χ1) is 9.40. The van der Waals surface area contributed by atoms with Gasteiger partial charge in [0.1, 0.15) is 0 Å².